The van der Waals surface area contributed by atoms with E-state index >= 15 is 0 Å². The number of halogens is 1. The second-order valence-electron chi connectivity index (χ2n) is 12.6. The van der Waals surface area contributed by atoms with Crippen LogP contribution in [-0.4, -0.2) is 27.2 Å². The van der Waals surface area contributed by atoms with Crippen molar-refractivity contribution in [3.8, 4) is 5.75 Å². The number of carbonyl (C=O) groups excluding carboxylic acids is 1. The maximum Gasteiger partial charge on any atom is 0.250 e. The van der Waals surface area contributed by atoms with Gasteiger partial charge in [0.15, 0.2) is 5.78 Å². The molecular weight excluding hydrogens is 578 g/mol. The Hall–Kier alpha value is -2.70. The molecule has 3 atom stereocenters. The third-order valence-electron chi connectivity index (χ3n) is 8.88. The third kappa shape index (κ3) is 7.39. The first-order valence-electron chi connectivity index (χ1n) is 15.2. The van der Waals surface area contributed by atoms with E-state index in [9.17, 15) is 14.7 Å². The fourth-order valence-corrected chi connectivity index (χ4v) is 7.18. The largest absolute Gasteiger partial charge is 0.487 e. The van der Waals surface area contributed by atoms with Crippen molar-refractivity contribution in [3.63, 3.8) is 0 Å². The predicted molar refractivity (Wildman–Crippen MR) is 167 cm³/mol. The van der Waals surface area contributed by atoms with Crippen LogP contribution in [0.3, 0.4) is 0 Å². The number of benzene rings is 2. The minimum atomic E-state index is -0.626. The Balaban J connectivity index is 1.34. The van der Waals surface area contributed by atoms with E-state index in [-0.39, 0.29) is 29.3 Å². The van der Waals surface area contributed by atoms with E-state index in [1.165, 1.54) is 24.5 Å². The molecule has 1 saturated carbocycles. The molecular formula is C35H42BrNO4. The first-order valence-corrected chi connectivity index (χ1v) is 15.9. The Morgan fingerprint density at radius 1 is 1.10 bits per heavy atom. The van der Waals surface area contributed by atoms with E-state index in [1.54, 1.807) is 16.8 Å². The number of Topliss-reactive ketones (excluding diaryl/α,β-unsaturated/α-hetero) is 1. The van der Waals surface area contributed by atoms with E-state index in [1.807, 2.05) is 24.3 Å². The van der Waals surface area contributed by atoms with Crippen molar-refractivity contribution in [2.45, 2.75) is 95.8 Å². The quantitative estimate of drug-likeness (QED) is 0.223. The molecule has 2 aliphatic rings. The summed E-state index contributed by atoms with van der Waals surface area (Å²) in [5.74, 6) is 1.32. The molecule has 0 bridgehead atoms. The molecule has 1 N–H and O–H groups in total. The number of hydrogen-bond acceptors (Lipinski definition) is 4. The zero-order chi connectivity index (χ0) is 29.0. The monoisotopic (exact) mass is 619 g/mol. The summed E-state index contributed by atoms with van der Waals surface area (Å²) < 4.78 is 9.26. The smallest absolute Gasteiger partial charge is 0.250 e. The van der Waals surface area contributed by atoms with Gasteiger partial charge in [-0.1, -0.05) is 60.1 Å². The normalized spacial score (nSPS) is 19.1. The fourth-order valence-electron chi connectivity index (χ4n) is 6.81. The standard InChI is InChI=1S/C35H42BrNO4/c1-24(2)22-37-23-27(11-15-34(37)40)32(39)19-28(18-25-8-4-3-5-9-25)31(38)13-10-26-21-35(16-6-7-17-35)41-33-14-12-29(36)20-30(26)33/h3-5,8-9,11-12,14-15,20,23-24,26,28,31,38H,6-7,10,13,16-19,21-22H2,1-2H3/t26-,28+,31+/m0/s1. The van der Waals surface area contributed by atoms with Crippen LogP contribution in [-0.2, 0) is 13.0 Å². The maximum absolute atomic E-state index is 13.5. The molecule has 0 saturated heterocycles. The summed E-state index contributed by atoms with van der Waals surface area (Å²) in [7, 11) is 0. The van der Waals surface area contributed by atoms with Crippen LogP contribution in [0.1, 0.15) is 92.6 Å². The van der Waals surface area contributed by atoms with Crippen LogP contribution >= 0.6 is 15.9 Å². The van der Waals surface area contributed by atoms with Gasteiger partial charge < -0.3 is 14.4 Å². The second-order valence-corrected chi connectivity index (χ2v) is 13.5. The lowest BCUT2D eigenvalue weighted by Gasteiger charge is -2.40. The summed E-state index contributed by atoms with van der Waals surface area (Å²) in [6.07, 6.45) is 8.93. The molecule has 1 spiro atoms. The lowest BCUT2D eigenvalue weighted by molar-refractivity contribution is 0.0344. The van der Waals surface area contributed by atoms with Crippen molar-refractivity contribution in [2.24, 2.45) is 11.8 Å². The van der Waals surface area contributed by atoms with Crippen molar-refractivity contribution < 1.29 is 14.6 Å². The number of ketones is 1. The van der Waals surface area contributed by atoms with Crippen LogP contribution in [0.5, 0.6) is 5.75 Å². The Morgan fingerprint density at radius 2 is 1.85 bits per heavy atom. The third-order valence-corrected chi connectivity index (χ3v) is 9.38. The number of nitrogens with zero attached hydrogens (tertiary/aromatic N) is 1. The Kier molecular flexibility index (Phi) is 9.50. The first-order chi connectivity index (χ1) is 19.7. The molecule has 0 unspecified atom stereocenters. The highest BCUT2D eigenvalue weighted by Crippen LogP contribution is 2.50. The van der Waals surface area contributed by atoms with E-state index in [0.717, 1.165) is 41.5 Å². The van der Waals surface area contributed by atoms with Gasteiger partial charge in [-0.2, -0.15) is 0 Å². The molecule has 41 heavy (non-hydrogen) atoms. The molecule has 5 nitrogen and oxygen atoms in total. The van der Waals surface area contributed by atoms with Crippen molar-refractivity contribution in [2.75, 3.05) is 0 Å². The number of carbonyl (C=O) groups is 1. The predicted octanol–water partition coefficient (Wildman–Crippen LogP) is 7.72. The number of ether oxygens (including phenoxy) is 1. The molecule has 6 heteroatoms. The van der Waals surface area contributed by atoms with Gasteiger partial charge in [0.05, 0.1) is 6.10 Å². The van der Waals surface area contributed by atoms with Gasteiger partial charge in [-0.15, -0.1) is 0 Å². The van der Waals surface area contributed by atoms with Gasteiger partial charge in [-0.3, -0.25) is 9.59 Å². The number of pyridine rings is 1. The van der Waals surface area contributed by atoms with Gasteiger partial charge in [0, 0.05) is 35.3 Å². The lowest BCUT2D eigenvalue weighted by Crippen LogP contribution is -2.38. The summed E-state index contributed by atoms with van der Waals surface area (Å²) in [4.78, 5) is 25.9. The maximum atomic E-state index is 13.5. The number of aliphatic hydroxyl groups is 1. The van der Waals surface area contributed by atoms with Gasteiger partial charge in [0.25, 0.3) is 5.56 Å². The van der Waals surface area contributed by atoms with E-state index < -0.39 is 6.10 Å². The molecule has 1 aromatic heterocycles. The van der Waals surface area contributed by atoms with Gasteiger partial charge in [-0.25, -0.2) is 0 Å². The van der Waals surface area contributed by atoms with Crippen LogP contribution in [0.15, 0.2) is 76.1 Å². The number of aromatic nitrogens is 1. The van der Waals surface area contributed by atoms with E-state index in [0.29, 0.717) is 36.8 Å². The highest BCUT2D eigenvalue weighted by atomic mass is 79.9. The van der Waals surface area contributed by atoms with Gasteiger partial charge in [-0.05, 0) is 105 Å². The Bertz CT molecular complexity index is 1390. The minimum absolute atomic E-state index is 0.0345. The number of rotatable bonds is 11. The summed E-state index contributed by atoms with van der Waals surface area (Å²) in [6.45, 7) is 4.68. The SMILES string of the molecule is CC(C)Cn1cc(C(=O)C[C@@H](Cc2ccccc2)[C@H](O)CC[C@H]2CC3(CCCC3)Oc3ccc(Br)cc32)ccc1=O. The summed E-state index contributed by atoms with van der Waals surface area (Å²) >= 11 is 3.64. The van der Waals surface area contributed by atoms with Crippen LogP contribution in [0.25, 0.3) is 0 Å². The molecule has 5 rings (SSSR count). The number of hydrogen-bond donors (Lipinski definition) is 1. The first kappa shape index (κ1) is 29.8. The molecule has 218 valence electrons. The average Bonchev–Trinajstić information content (AvgIpc) is 3.40. The number of aliphatic hydroxyl groups excluding tert-OH is 1. The van der Waals surface area contributed by atoms with E-state index in [4.69, 9.17) is 4.74 Å². The van der Waals surface area contributed by atoms with Gasteiger partial charge >= 0.3 is 0 Å². The summed E-state index contributed by atoms with van der Waals surface area (Å²) in [5, 5.41) is 11.6. The topological polar surface area (TPSA) is 68.5 Å². The molecule has 2 heterocycles. The zero-order valence-corrected chi connectivity index (χ0v) is 25.8. The molecule has 3 aromatic rings. The number of fused-ring (bicyclic) bond motifs is 1. The molecule has 1 aliphatic carbocycles. The van der Waals surface area contributed by atoms with Gasteiger partial charge in [0.2, 0.25) is 0 Å². The fraction of sp³-hybridized carbons (Fsp3) is 0.486. The summed E-state index contributed by atoms with van der Waals surface area (Å²) in [5.41, 5.74) is 2.67. The molecule has 0 radical (unpaired) electrons. The zero-order valence-electron chi connectivity index (χ0n) is 24.2. The molecule has 1 fully saturated rings. The van der Waals surface area contributed by atoms with Crippen molar-refractivity contribution in [1.29, 1.82) is 0 Å². The Morgan fingerprint density at radius 3 is 2.59 bits per heavy atom. The molecule has 1 aliphatic heterocycles. The van der Waals surface area contributed by atoms with E-state index in [2.05, 4.69) is 54.0 Å². The van der Waals surface area contributed by atoms with Crippen molar-refractivity contribution in [1.82, 2.24) is 4.57 Å². The minimum Gasteiger partial charge on any atom is -0.487 e. The summed E-state index contributed by atoms with van der Waals surface area (Å²) in [6, 6.07) is 19.5. The van der Waals surface area contributed by atoms with Gasteiger partial charge in [0.1, 0.15) is 11.4 Å². The highest BCUT2D eigenvalue weighted by Gasteiger charge is 2.43. The van der Waals surface area contributed by atoms with Crippen LogP contribution in [0.2, 0.25) is 0 Å². The van der Waals surface area contributed by atoms with Crippen molar-refractivity contribution >= 4 is 21.7 Å². The lowest BCUT2D eigenvalue weighted by atomic mass is 9.77. The molecule has 0 amide bonds. The second kappa shape index (κ2) is 13.1. The van der Waals surface area contributed by atoms with Crippen LogP contribution in [0, 0.1) is 11.8 Å². The van der Waals surface area contributed by atoms with Crippen LogP contribution in [0.4, 0.5) is 0 Å². The Labute approximate surface area is 252 Å². The average molecular weight is 621 g/mol. The van der Waals surface area contributed by atoms with Crippen LogP contribution < -0.4 is 10.3 Å². The van der Waals surface area contributed by atoms with Crippen molar-refractivity contribution in [3.05, 3.63) is 98.4 Å². The highest BCUT2D eigenvalue weighted by molar-refractivity contribution is 9.10. The molecule has 2 aromatic carbocycles.